The van der Waals surface area contributed by atoms with E-state index >= 15 is 0 Å². The van der Waals surface area contributed by atoms with Crippen molar-refractivity contribution < 1.29 is 9.53 Å². The van der Waals surface area contributed by atoms with E-state index in [0.29, 0.717) is 13.0 Å². The monoisotopic (exact) mass is 318 g/mol. The Morgan fingerprint density at radius 3 is 2.96 bits per heavy atom. The molecule has 0 bridgehead atoms. The van der Waals surface area contributed by atoms with Gasteiger partial charge < -0.3 is 15.4 Å². The highest BCUT2D eigenvalue weighted by Gasteiger charge is 2.28. The number of ether oxygens (including phenoxy) is 1. The molecule has 2 rings (SSSR count). The van der Waals surface area contributed by atoms with Gasteiger partial charge in [-0.3, -0.25) is 4.79 Å². The lowest BCUT2D eigenvalue weighted by atomic mass is 9.96. The third kappa shape index (κ3) is 5.54. The van der Waals surface area contributed by atoms with Crippen LogP contribution in [0.1, 0.15) is 51.0 Å². The first-order valence-corrected chi connectivity index (χ1v) is 8.82. The Bertz CT molecular complexity index is 502. The van der Waals surface area contributed by atoms with Gasteiger partial charge in [0.05, 0.1) is 6.61 Å². The fraction of sp³-hybridized carbons (Fsp3) is 0.632. The predicted octanol–water partition coefficient (Wildman–Crippen LogP) is 3.27. The van der Waals surface area contributed by atoms with Crippen LogP contribution in [-0.2, 0) is 4.79 Å². The molecule has 1 heterocycles. The first-order valence-electron chi connectivity index (χ1n) is 8.82. The lowest BCUT2D eigenvalue weighted by Crippen LogP contribution is -2.51. The Balaban J connectivity index is 1.68. The van der Waals surface area contributed by atoms with Gasteiger partial charge in [-0.05, 0) is 63.6 Å². The van der Waals surface area contributed by atoms with Crippen LogP contribution in [0.25, 0.3) is 0 Å². The highest BCUT2D eigenvalue weighted by molar-refractivity contribution is 5.76. The molecular weight excluding hydrogens is 288 g/mol. The lowest BCUT2D eigenvalue weighted by Gasteiger charge is -2.38. The van der Waals surface area contributed by atoms with Crippen molar-refractivity contribution >= 4 is 5.91 Å². The Kier molecular flexibility index (Phi) is 6.90. The van der Waals surface area contributed by atoms with Gasteiger partial charge in [-0.15, -0.1) is 0 Å². The van der Waals surface area contributed by atoms with Crippen LogP contribution in [-0.4, -0.2) is 36.0 Å². The number of amides is 1. The summed E-state index contributed by atoms with van der Waals surface area (Å²) in [5, 5.41) is 0. The van der Waals surface area contributed by atoms with Gasteiger partial charge >= 0.3 is 0 Å². The van der Waals surface area contributed by atoms with Crippen molar-refractivity contribution in [3.05, 3.63) is 29.8 Å². The molecule has 4 heteroatoms. The molecule has 0 spiro atoms. The molecule has 0 radical (unpaired) electrons. The number of piperidine rings is 1. The lowest BCUT2D eigenvalue weighted by molar-refractivity contribution is -0.135. The van der Waals surface area contributed by atoms with Crippen LogP contribution in [0, 0.1) is 6.92 Å². The summed E-state index contributed by atoms with van der Waals surface area (Å²) in [6, 6.07) is 8.34. The van der Waals surface area contributed by atoms with E-state index in [1.165, 1.54) is 12.0 Å². The molecule has 0 aliphatic carbocycles. The molecule has 1 amide bonds. The highest BCUT2D eigenvalue weighted by Crippen LogP contribution is 2.20. The van der Waals surface area contributed by atoms with E-state index in [9.17, 15) is 4.79 Å². The molecule has 2 unspecified atom stereocenters. The molecule has 128 valence electrons. The van der Waals surface area contributed by atoms with E-state index in [-0.39, 0.29) is 18.0 Å². The number of likely N-dealkylation sites (tertiary alicyclic amines) is 1. The summed E-state index contributed by atoms with van der Waals surface area (Å²) in [5.74, 6) is 1.16. The molecule has 1 aliphatic rings. The molecule has 1 fully saturated rings. The maximum Gasteiger partial charge on any atom is 0.222 e. The third-order valence-corrected chi connectivity index (χ3v) is 4.52. The van der Waals surface area contributed by atoms with Gasteiger partial charge in [0.25, 0.3) is 0 Å². The number of benzene rings is 1. The third-order valence-electron chi connectivity index (χ3n) is 4.52. The number of nitrogens with two attached hydrogens (primary N) is 1. The van der Waals surface area contributed by atoms with Gasteiger partial charge in [0.1, 0.15) is 5.75 Å². The first kappa shape index (κ1) is 17.8. The van der Waals surface area contributed by atoms with E-state index in [0.717, 1.165) is 38.0 Å². The minimum atomic E-state index is 0.0592. The number of hydrogen-bond donors (Lipinski definition) is 1. The minimum absolute atomic E-state index is 0.0592. The Hall–Kier alpha value is -1.55. The quantitative estimate of drug-likeness (QED) is 0.785. The van der Waals surface area contributed by atoms with Crippen LogP contribution < -0.4 is 10.5 Å². The van der Waals surface area contributed by atoms with Crippen molar-refractivity contribution in [2.45, 2.75) is 64.5 Å². The molecule has 2 atom stereocenters. The number of nitrogens with zero attached hydrogens (tertiary/aromatic N) is 1. The fourth-order valence-corrected chi connectivity index (χ4v) is 3.23. The number of carbonyl (C=O) groups excluding carboxylic acids is 1. The molecular formula is C19H30N2O2. The smallest absolute Gasteiger partial charge is 0.222 e. The molecule has 0 aromatic heterocycles. The summed E-state index contributed by atoms with van der Waals surface area (Å²) in [7, 11) is 0. The number of aryl methyl sites for hydroxylation is 1. The largest absolute Gasteiger partial charge is 0.494 e. The zero-order valence-corrected chi connectivity index (χ0v) is 14.5. The molecule has 1 saturated heterocycles. The van der Waals surface area contributed by atoms with Crippen LogP contribution in [0.15, 0.2) is 24.3 Å². The second-order valence-electron chi connectivity index (χ2n) is 6.63. The highest BCUT2D eigenvalue weighted by atomic mass is 16.5. The summed E-state index contributed by atoms with van der Waals surface area (Å²) in [6.45, 7) is 5.59. The van der Waals surface area contributed by atoms with Crippen molar-refractivity contribution in [1.82, 2.24) is 4.90 Å². The maximum atomic E-state index is 12.4. The van der Waals surface area contributed by atoms with E-state index < -0.39 is 0 Å². The van der Waals surface area contributed by atoms with E-state index in [1.54, 1.807) is 0 Å². The topological polar surface area (TPSA) is 55.6 Å². The van der Waals surface area contributed by atoms with Crippen molar-refractivity contribution in [1.29, 1.82) is 0 Å². The van der Waals surface area contributed by atoms with Crippen molar-refractivity contribution in [3.63, 3.8) is 0 Å². The zero-order chi connectivity index (χ0) is 16.7. The molecule has 1 aromatic rings. The zero-order valence-electron chi connectivity index (χ0n) is 14.5. The predicted molar refractivity (Wildman–Crippen MR) is 93.5 cm³/mol. The van der Waals surface area contributed by atoms with E-state index in [2.05, 4.69) is 13.0 Å². The minimum Gasteiger partial charge on any atom is -0.494 e. The van der Waals surface area contributed by atoms with E-state index in [4.69, 9.17) is 10.5 Å². The van der Waals surface area contributed by atoms with E-state index in [1.807, 2.05) is 30.0 Å². The number of carbonyl (C=O) groups is 1. The van der Waals surface area contributed by atoms with Crippen LogP contribution in [0.2, 0.25) is 0 Å². The molecule has 0 saturated carbocycles. The van der Waals surface area contributed by atoms with Crippen LogP contribution >= 0.6 is 0 Å². The molecule has 1 aliphatic heterocycles. The summed E-state index contributed by atoms with van der Waals surface area (Å²) in [5.41, 5.74) is 7.23. The summed E-state index contributed by atoms with van der Waals surface area (Å²) < 4.78 is 5.73. The van der Waals surface area contributed by atoms with Gasteiger partial charge in [-0.1, -0.05) is 12.1 Å². The van der Waals surface area contributed by atoms with Crippen LogP contribution in [0.3, 0.4) is 0 Å². The molecule has 2 N–H and O–H groups in total. The van der Waals surface area contributed by atoms with Crippen LogP contribution in [0.5, 0.6) is 5.75 Å². The second kappa shape index (κ2) is 8.92. The molecule has 4 nitrogen and oxygen atoms in total. The maximum absolute atomic E-state index is 12.4. The summed E-state index contributed by atoms with van der Waals surface area (Å²) >= 11 is 0. The van der Waals surface area contributed by atoms with Gasteiger partial charge in [0.2, 0.25) is 5.91 Å². The van der Waals surface area contributed by atoms with Crippen molar-refractivity contribution in [2.75, 3.05) is 13.2 Å². The first-order chi connectivity index (χ1) is 11.1. The Morgan fingerprint density at radius 2 is 2.22 bits per heavy atom. The van der Waals surface area contributed by atoms with Crippen molar-refractivity contribution in [2.24, 2.45) is 5.73 Å². The normalized spacial score (nSPS) is 19.4. The molecule has 1 aromatic carbocycles. The molecule has 23 heavy (non-hydrogen) atoms. The van der Waals surface area contributed by atoms with Gasteiger partial charge in [-0.25, -0.2) is 0 Å². The average Bonchev–Trinajstić information content (AvgIpc) is 2.54. The summed E-state index contributed by atoms with van der Waals surface area (Å²) in [4.78, 5) is 14.4. The number of rotatable bonds is 7. The van der Waals surface area contributed by atoms with Gasteiger partial charge in [0, 0.05) is 25.0 Å². The fourth-order valence-electron chi connectivity index (χ4n) is 3.23. The van der Waals surface area contributed by atoms with Crippen molar-refractivity contribution in [3.8, 4) is 5.75 Å². The Labute approximate surface area is 140 Å². The number of unbranched alkanes of at least 4 members (excludes halogenated alkanes) is 1. The van der Waals surface area contributed by atoms with Gasteiger partial charge in [0.15, 0.2) is 0 Å². The Morgan fingerprint density at radius 1 is 1.39 bits per heavy atom. The van der Waals surface area contributed by atoms with Gasteiger partial charge in [-0.2, -0.15) is 0 Å². The average molecular weight is 318 g/mol. The number of hydrogen-bond acceptors (Lipinski definition) is 3. The summed E-state index contributed by atoms with van der Waals surface area (Å²) in [6.07, 6.45) is 5.69. The van der Waals surface area contributed by atoms with Crippen LogP contribution in [0.4, 0.5) is 0 Å². The SMILES string of the molecule is Cc1cccc(OCCCCC(=O)N2CCCCC2C(C)N)c1. The second-order valence-corrected chi connectivity index (χ2v) is 6.63. The standard InChI is InChI=1S/C19H30N2O2/c1-15-8-7-9-17(14-15)23-13-6-4-11-19(22)21-12-5-3-10-18(21)16(2)20/h7-9,14,16,18H,3-6,10-13,20H2,1-2H3.